The Morgan fingerprint density at radius 3 is 0.710 bits per heavy atom. The number of allylic oxidation sites excluding steroid dienone is 4. The van der Waals surface area contributed by atoms with Crippen LogP contribution in [0.25, 0.3) is 24.3 Å². The van der Waals surface area contributed by atoms with Crippen LogP contribution in [0.1, 0.15) is 188 Å². The molecule has 0 fully saturated rings. The Labute approximate surface area is 407 Å². The van der Waals surface area contributed by atoms with Gasteiger partial charge < -0.3 is 24.8 Å². The molecule has 0 heterocycles. The summed E-state index contributed by atoms with van der Waals surface area (Å²) < 4.78 is 3.10. The maximum atomic E-state index is 2.66. The van der Waals surface area contributed by atoms with Crippen molar-refractivity contribution in [3.8, 4) is 0 Å². The SMILES string of the molecule is CC1=Cc2c(C(C)C)cccc2[CH]1[Hf+]([CH]1C(C)=Cc2c(C(C)C)cccc21)[SiH](C)C.CC1=Cc2c(C(C)C)cccc2[CH]1[Hf+]([CH]1C(C)=Cc2c(C(C)C)cccc21)[SiH](C)C.[Cl-].[Cl-]. The largest absolute Gasteiger partial charge is 1.00 e. The molecule has 4 aromatic rings. The van der Waals surface area contributed by atoms with Crippen molar-refractivity contribution in [2.75, 3.05) is 0 Å². The third-order valence-corrected chi connectivity index (χ3v) is 77.3. The molecule has 0 amide bonds. The van der Waals surface area contributed by atoms with E-state index >= 15 is 0 Å². The molecule has 0 nitrogen and oxygen atoms in total. The summed E-state index contributed by atoms with van der Waals surface area (Å²) in [7, 11) is 0. The molecule has 0 spiro atoms. The molecule has 0 saturated carbocycles. The van der Waals surface area contributed by atoms with Gasteiger partial charge in [-0.3, -0.25) is 0 Å². The van der Waals surface area contributed by atoms with Crippen molar-refractivity contribution in [1.29, 1.82) is 0 Å². The van der Waals surface area contributed by atoms with Crippen molar-refractivity contribution in [2.45, 2.75) is 148 Å². The van der Waals surface area contributed by atoms with Crippen LogP contribution in [0.3, 0.4) is 0 Å². The van der Waals surface area contributed by atoms with E-state index in [2.05, 4.69) is 206 Å². The number of halogens is 2. The van der Waals surface area contributed by atoms with Crippen molar-refractivity contribution in [2.24, 2.45) is 0 Å². The minimum Gasteiger partial charge on any atom is -1.00 e. The van der Waals surface area contributed by atoms with Crippen LogP contribution in [0.15, 0.2) is 95.1 Å². The first-order chi connectivity index (χ1) is 28.4. The first-order valence-electron chi connectivity index (χ1n) is 23.4. The molecule has 0 aliphatic heterocycles. The molecule has 62 heavy (non-hydrogen) atoms. The Bertz CT molecular complexity index is 2070. The maximum Gasteiger partial charge on any atom is -1.00 e. The van der Waals surface area contributed by atoms with Crippen LogP contribution in [0, 0.1) is 0 Å². The molecule has 4 aromatic carbocycles. The van der Waals surface area contributed by atoms with Gasteiger partial charge in [0, 0.05) is 0 Å². The first-order valence-corrected chi connectivity index (χ1v) is 49.9. The number of hydrogen-bond acceptors (Lipinski definition) is 0. The van der Waals surface area contributed by atoms with E-state index in [-0.39, 0.29) is 24.8 Å². The van der Waals surface area contributed by atoms with E-state index in [1.165, 1.54) is 0 Å². The number of rotatable bonds is 10. The average molecular weight is 1230 g/mol. The van der Waals surface area contributed by atoms with E-state index < -0.39 is 53.2 Å². The second kappa shape index (κ2) is 21.0. The van der Waals surface area contributed by atoms with Crippen LogP contribution in [0.4, 0.5) is 0 Å². The Balaban J connectivity index is 0.000000227. The molecule has 0 radical (unpaired) electrons. The molecule has 4 atom stereocenters. The number of benzene rings is 4. The van der Waals surface area contributed by atoms with Crippen LogP contribution in [0.2, 0.25) is 26.2 Å². The van der Waals surface area contributed by atoms with Gasteiger partial charge in [0.15, 0.2) is 0 Å². The van der Waals surface area contributed by atoms with Crippen molar-refractivity contribution < 1.29 is 66.0 Å². The second-order valence-electron chi connectivity index (χ2n) is 20.6. The zero-order valence-corrected chi connectivity index (χ0v) is 51.8. The molecular weight excluding hydrogens is 1160 g/mol. The molecule has 8 rings (SSSR count). The van der Waals surface area contributed by atoms with E-state index in [9.17, 15) is 0 Å². The van der Waals surface area contributed by atoms with Crippen molar-refractivity contribution in [3.63, 3.8) is 0 Å². The molecule has 4 aliphatic carbocycles. The monoisotopic (exact) mass is 1230 g/mol. The quantitative estimate of drug-likeness (QED) is 0.139. The fraction of sp³-hybridized carbons (Fsp3) is 0.429. The summed E-state index contributed by atoms with van der Waals surface area (Å²) in [6.45, 7) is 39.2. The summed E-state index contributed by atoms with van der Waals surface area (Å²) in [5.74, 6) is 0.901. The van der Waals surface area contributed by atoms with E-state index in [0.29, 0.717) is 23.7 Å². The van der Waals surface area contributed by atoms with E-state index in [4.69, 9.17) is 0 Å². The summed E-state index contributed by atoms with van der Waals surface area (Å²) in [6.07, 6.45) is 10.3. The molecule has 4 aliphatic rings. The van der Waals surface area contributed by atoms with Crippen molar-refractivity contribution in [1.82, 2.24) is 0 Å². The molecule has 0 bridgehead atoms. The summed E-state index contributed by atoms with van der Waals surface area (Å²) >= 11 is -4.14. The third-order valence-electron chi connectivity index (χ3n) is 14.4. The van der Waals surface area contributed by atoms with Gasteiger partial charge in [-0.05, 0) is 0 Å². The molecule has 0 N–H and O–H groups in total. The predicted molar refractivity (Wildman–Crippen MR) is 265 cm³/mol. The molecule has 328 valence electrons. The first kappa shape index (κ1) is 51.6. The Hall–Kier alpha value is -1.41. The zero-order valence-electron chi connectivity index (χ0n) is 40.8. The van der Waals surface area contributed by atoms with Gasteiger partial charge in [-0.15, -0.1) is 0 Å². The van der Waals surface area contributed by atoms with Crippen LogP contribution >= 0.6 is 0 Å². The predicted octanol–water partition coefficient (Wildman–Crippen LogP) is 10.3. The second-order valence-corrected chi connectivity index (χ2v) is 76.5. The topological polar surface area (TPSA) is 0 Å². The van der Waals surface area contributed by atoms with E-state index in [0.717, 1.165) is 14.7 Å². The van der Waals surface area contributed by atoms with Gasteiger partial charge >= 0.3 is 387 Å². The van der Waals surface area contributed by atoms with Gasteiger partial charge in [0.25, 0.3) is 0 Å². The third kappa shape index (κ3) is 9.56. The number of fused-ring (bicyclic) bond motifs is 4. The minimum absolute atomic E-state index is 0. The van der Waals surface area contributed by atoms with Gasteiger partial charge in [0.2, 0.25) is 0 Å². The van der Waals surface area contributed by atoms with E-state index in [1.807, 2.05) is 0 Å². The fourth-order valence-electron chi connectivity index (χ4n) is 11.8. The van der Waals surface area contributed by atoms with Crippen molar-refractivity contribution in [3.05, 3.63) is 162 Å². The summed E-state index contributed by atoms with van der Waals surface area (Å²) in [5.41, 5.74) is 25.9. The minimum atomic E-state index is -2.07. The van der Waals surface area contributed by atoms with Crippen molar-refractivity contribution >= 4 is 36.3 Å². The van der Waals surface area contributed by atoms with Gasteiger partial charge in [-0.25, -0.2) is 0 Å². The summed E-state index contributed by atoms with van der Waals surface area (Å²) in [4.78, 5) is 0. The van der Waals surface area contributed by atoms with Gasteiger partial charge in [-0.2, -0.15) is 0 Å². The molecule has 0 saturated heterocycles. The van der Waals surface area contributed by atoms with Gasteiger partial charge in [0.1, 0.15) is 0 Å². The number of hydrogen-bond donors (Lipinski definition) is 0. The molecule has 6 heteroatoms. The van der Waals surface area contributed by atoms with Gasteiger partial charge in [-0.1, -0.05) is 0 Å². The molecular formula is C56H74Cl2Hf2Si2. The smallest absolute Gasteiger partial charge is 1.00 e. The zero-order chi connectivity index (χ0) is 43.5. The van der Waals surface area contributed by atoms with E-state index in [1.54, 1.807) is 89.1 Å². The van der Waals surface area contributed by atoms with Crippen LogP contribution in [0.5, 0.6) is 0 Å². The van der Waals surface area contributed by atoms with Gasteiger partial charge in [0.05, 0.1) is 0 Å². The average Bonchev–Trinajstić information content (AvgIpc) is 3.91. The Morgan fingerprint density at radius 1 is 0.355 bits per heavy atom. The maximum absolute atomic E-state index is 2.66. The molecule has 4 unspecified atom stereocenters. The Morgan fingerprint density at radius 2 is 0.548 bits per heavy atom. The summed E-state index contributed by atoms with van der Waals surface area (Å²) in [6, 6.07) is 28.7. The van der Waals surface area contributed by atoms with Crippen LogP contribution in [-0.4, -0.2) is 12.0 Å². The summed E-state index contributed by atoms with van der Waals surface area (Å²) in [5, 5.41) is 0. The Kier molecular flexibility index (Phi) is 17.5. The fourth-order valence-corrected chi connectivity index (χ4v) is 77.6. The van der Waals surface area contributed by atoms with Crippen LogP contribution < -0.4 is 24.8 Å². The molecule has 0 aromatic heterocycles. The standard InChI is InChI=1S/4C13H15.2C2H7Si.2ClH.2Hf/c4*1-9(2)12-6-4-5-11-7-10(3)8-13(11)12;2*1-3-2;;;;/h4*4-9H,1-3H3;2*3H,1-2H3;2*1H;;/q;;;;;;;;2*+1/p-2. The normalized spacial score (nSPS) is 19.3. The van der Waals surface area contributed by atoms with Crippen LogP contribution in [-0.2, 0) is 41.2 Å².